The second-order valence-electron chi connectivity index (χ2n) is 5.75. The Bertz CT molecular complexity index is 723. The van der Waals surface area contributed by atoms with E-state index in [4.69, 9.17) is 10.5 Å². The molecule has 1 atom stereocenters. The fourth-order valence-electron chi connectivity index (χ4n) is 2.38. The van der Waals surface area contributed by atoms with E-state index in [0.29, 0.717) is 0 Å². The first-order valence-electron chi connectivity index (χ1n) is 7.47. The number of hydrogen-bond acceptors (Lipinski definition) is 6. The minimum atomic E-state index is -1.28. The van der Waals surface area contributed by atoms with Crippen molar-refractivity contribution in [1.29, 1.82) is 0 Å². The summed E-state index contributed by atoms with van der Waals surface area (Å²) in [6.07, 6.45) is -1.28. The van der Waals surface area contributed by atoms with E-state index in [1.165, 1.54) is 12.1 Å². The van der Waals surface area contributed by atoms with Gasteiger partial charge in [0.05, 0.1) is 11.1 Å². The molecule has 1 aromatic carbocycles. The summed E-state index contributed by atoms with van der Waals surface area (Å²) in [5.74, 6) is -3.50. The van der Waals surface area contributed by atoms with Crippen molar-refractivity contribution in [2.75, 3.05) is 6.54 Å². The van der Waals surface area contributed by atoms with Crippen molar-refractivity contribution in [3.63, 3.8) is 0 Å². The van der Waals surface area contributed by atoms with Crippen LogP contribution < -0.4 is 11.1 Å². The number of ether oxygens (including phenoxy) is 1. The smallest absolute Gasteiger partial charge is 0.327 e. The number of imide groups is 2. The first kappa shape index (κ1) is 18.1. The molecule has 0 saturated heterocycles. The summed E-state index contributed by atoms with van der Waals surface area (Å²) >= 11 is 0. The zero-order valence-electron chi connectivity index (χ0n) is 13.6. The van der Waals surface area contributed by atoms with E-state index < -0.39 is 48.3 Å². The van der Waals surface area contributed by atoms with Crippen LogP contribution in [-0.4, -0.2) is 47.3 Å². The molecule has 132 valence electrons. The van der Waals surface area contributed by atoms with Gasteiger partial charge in [0.2, 0.25) is 0 Å². The van der Waals surface area contributed by atoms with Gasteiger partial charge in [-0.3, -0.25) is 29.4 Å². The number of rotatable bonds is 5. The highest BCUT2D eigenvalue weighted by molar-refractivity contribution is 6.22. The summed E-state index contributed by atoms with van der Waals surface area (Å²) in [5.41, 5.74) is 5.27. The molecule has 5 amide bonds. The summed E-state index contributed by atoms with van der Waals surface area (Å²) in [5, 5.41) is 1.83. The van der Waals surface area contributed by atoms with Gasteiger partial charge in [0.1, 0.15) is 6.54 Å². The van der Waals surface area contributed by atoms with Crippen LogP contribution in [0.2, 0.25) is 0 Å². The first-order valence-corrected chi connectivity index (χ1v) is 7.47. The Labute approximate surface area is 143 Å². The third-order valence-electron chi connectivity index (χ3n) is 3.53. The van der Waals surface area contributed by atoms with Crippen molar-refractivity contribution in [2.24, 2.45) is 11.7 Å². The summed E-state index contributed by atoms with van der Waals surface area (Å²) in [6.45, 7) is 2.56. The van der Waals surface area contributed by atoms with Crippen molar-refractivity contribution < 1.29 is 28.7 Å². The van der Waals surface area contributed by atoms with Crippen LogP contribution in [0.3, 0.4) is 0 Å². The molecule has 0 saturated carbocycles. The number of benzene rings is 1. The van der Waals surface area contributed by atoms with Gasteiger partial charge in [0, 0.05) is 0 Å². The van der Waals surface area contributed by atoms with Crippen molar-refractivity contribution in [2.45, 2.75) is 20.0 Å². The summed E-state index contributed by atoms with van der Waals surface area (Å²) in [4.78, 5) is 59.8. The van der Waals surface area contributed by atoms with E-state index in [1.807, 2.05) is 5.32 Å². The van der Waals surface area contributed by atoms with Crippen LogP contribution in [0.1, 0.15) is 34.6 Å². The maximum Gasteiger partial charge on any atom is 0.327 e. The molecule has 1 aromatic rings. The molecule has 9 nitrogen and oxygen atoms in total. The monoisotopic (exact) mass is 347 g/mol. The van der Waals surface area contributed by atoms with E-state index in [0.717, 1.165) is 4.90 Å². The number of nitrogens with one attached hydrogen (secondary N) is 1. The molecule has 2 rings (SSSR count). The summed E-state index contributed by atoms with van der Waals surface area (Å²) < 4.78 is 5.03. The number of urea groups is 1. The number of nitrogens with zero attached hydrogens (tertiary/aromatic N) is 1. The Hall–Kier alpha value is -3.23. The summed E-state index contributed by atoms with van der Waals surface area (Å²) in [7, 11) is 0. The normalized spacial score (nSPS) is 14.3. The Morgan fingerprint density at radius 1 is 1.12 bits per heavy atom. The van der Waals surface area contributed by atoms with Crippen LogP contribution in [0.4, 0.5) is 4.79 Å². The van der Waals surface area contributed by atoms with E-state index in [1.54, 1.807) is 26.0 Å². The largest absolute Gasteiger partial charge is 0.451 e. The number of primary amides is 1. The second kappa shape index (κ2) is 7.12. The van der Waals surface area contributed by atoms with Crippen molar-refractivity contribution in [3.8, 4) is 0 Å². The Kier molecular flexibility index (Phi) is 5.16. The maximum atomic E-state index is 12.2. The highest BCUT2D eigenvalue weighted by atomic mass is 16.5. The zero-order valence-corrected chi connectivity index (χ0v) is 13.6. The van der Waals surface area contributed by atoms with E-state index >= 15 is 0 Å². The average Bonchev–Trinajstić information content (AvgIpc) is 2.77. The molecule has 0 fully saturated rings. The predicted octanol–water partition coefficient (Wildman–Crippen LogP) is 0.0453. The molecule has 1 unspecified atom stereocenters. The molecule has 0 aromatic heterocycles. The molecular formula is C16H17N3O6. The highest BCUT2D eigenvalue weighted by Crippen LogP contribution is 2.22. The van der Waals surface area contributed by atoms with Gasteiger partial charge in [0.25, 0.3) is 17.7 Å². The lowest BCUT2D eigenvalue weighted by Gasteiger charge is -2.21. The highest BCUT2D eigenvalue weighted by Gasteiger charge is 2.37. The van der Waals surface area contributed by atoms with Crippen LogP contribution in [-0.2, 0) is 14.3 Å². The third-order valence-corrected chi connectivity index (χ3v) is 3.53. The van der Waals surface area contributed by atoms with Gasteiger partial charge in [-0.25, -0.2) is 4.79 Å². The number of esters is 1. The number of fused-ring (bicyclic) bond motifs is 1. The standard InChI is InChI=1S/C16H17N3O6/c1-8(2)12(13(21)18-16(17)24)25-11(20)7-19-14(22)9-5-3-4-6-10(9)15(19)23/h3-6,8,12H,7H2,1-2H3,(H3,17,18,21,24). The maximum absolute atomic E-state index is 12.2. The lowest BCUT2D eigenvalue weighted by atomic mass is 10.1. The van der Waals surface area contributed by atoms with Crippen LogP contribution in [0, 0.1) is 5.92 Å². The number of carbonyl (C=O) groups is 5. The van der Waals surface area contributed by atoms with Crippen LogP contribution in [0.25, 0.3) is 0 Å². The average molecular weight is 347 g/mol. The van der Waals surface area contributed by atoms with Crippen molar-refractivity contribution in [3.05, 3.63) is 35.4 Å². The number of carbonyl (C=O) groups excluding carboxylic acids is 5. The van der Waals surface area contributed by atoms with Crippen LogP contribution >= 0.6 is 0 Å². The van der Waals surface area contributed by atoms with Crippen LogP contribution in [0.5, 0.6) is 0 Å². The Morgan fingerprint density at radius 3 is 2.08 bits per heavy atom. The molecule has 3 N–H and O–H groups in total. The van der Waals surface area contributed by atoms with Crippen molar-refractivity contribution >= 4 is 29.7 Å². The molecule has 1 heterocycles. The lowest BCUT2D eigenvalue weighted by Crippen LogP contribution is -2.47. The van der Waals surface area contributed by atoms with Gasteiger partial charge in [-0.2, -0.15) is 0 Å². The zero-order chi connectivity index (χ0) is 18.7. The topological polar surface area (TPSA) is 136 Å². The van der Waals surface area contributed by atoms with Gasteiger partial charge in [-0.05, 0) is 18.1 Å². The summed E-state index contributed by atoms with van der Waals surface area (Å²) in [6, 6.07) is 5.10. The van der Waals surface area contributed by atoms with Gasteiger partial charge in [-0.15, -0.1) is 0 Å². The minimum absolute atomic E-state index is 0.201. The lowest BCUT2D eigenvalue weighted by molar-refractivity contribution is -0.158. The number of amides is 5. The Balaban J connectivity index is 2.07. The fraction of sp³-hybridized carbons (Fsp3) is 0.312. The van der Waals surface area contributed by atoms with Gasteiger partial charge in [-0.1, -0.05) is 26.0 Å². The molecule has 0 radical (unpaired) electrons. The quantitative estimate of drug-likeness (QED) is 0.570. The van der Waals surface area contributed by atoms with E-state index in [9.17, 15) is 24.0 Å². The van der Waals surface area contributed by atoms with Gasteiger partial charge < -0.3 is 10.5 Å². The molecule has 0 bridgehead atoms. The van der Waals surface area contributed by atoms with Gasteiger partial charge in [0.15, 0.2) is 6.10 Å². The molecular weight excluding hydrogens is 330 g/mol. The van der Waals surface area contributed by atoms with Gasteiger partial charge >= 0.3 is 12.0 Å². The third kappa shape index (κ3) is 3.82. The van der Waals surface area contributed by atoms with Crippen LogP contribution in [0.15, 0.2) is 24.3 Å². The SMILES string of the molecule is CC(C)C(OC(=O)CN1C(=O)c2ccccc2C1=O)C(=O)NC(N)=O. The minimum Gasteiger partial charge on any atom is -0.451 e. The molecule has 1 aliphatic heterocycles. The molecule has 9 heteroatoms. The number of nitrogens with two attached hydrogens (primary N) is 1. The molecule has 25 heavy (non-hydrogen) atoms. The second-order valence-corrected chi connectivity index (χ2v) is 5.75. The first-order chi connectivity index (χ1) is 11.7. The molecule has 0 spiro atoms. The molecule has 0 aliphatic carbocycles. The van der Waals surface area contributed by atoms with E-state index in [-0.39, 0.29) is 11.1 Å². The number of hydrogen-bond donors (Lipinski definition) is 2. The molecule has 1 aliphatic rings. The fourth-order valence-corrected chi connectivity index (χ4v) is 2.38. The Morgan fingerprint density at radius 2 is 1.64 bits per heavy atom. The van der Waals surface area contributed by atoms with E-state index in [2.05, 4.69) is 0 Å². The van der Waals surface area contributed by atoms with Crippen molar-refractivity contribution in [1.82, 2.24) is 10.2 Å². The predicted molar refractivity (Wildman–Crippen MR) is 84.3 cm³/mol.